The number of benzene rings is 2. The maximum absolute atomic E-state index is 13.1. The van der Waals surface area contributed by atoms with E-state index in [2.05, 4.69) is 4.98 Å². The molecule has 4 nitrogen and oxygen atoms in total. The number of hydrogen-bond donors (Lipinski definition) is 0. The van der Waals surface area contributed by atoms with Crippen molar-refractivity contribution >= 4 is 16.6 Å². The average molecular weight is 359 g/mol. The topological polar surface area (TPSA) is 48.4 Å². The Kier molecular flexibility index (Phi) is 3.44. The van der Waals surface area contributed by atoms with Gasteiger partial charge in [0.2, 0.25) is 5.78 Å². The molecule has 132 valence electrons. The molecule has 0 atom stereocenters. The number of rotatable bonds is 2. The summed E-state index contributed by atoms with van der Waals surface area (Å²) in [6, 6.07) is 6.50. The third-order valence-corrected chi connectivity index (χ3v) is 4.48. The standard InChI is InChI=1S/C19H12F3NO3/c1-25-14-8-12-10-4-3-9(19(20,21)22)7-13(10)17(24)16-15(12)11(5-6-23-16)18(14)26-2/h3-8H,1-2H3. The van der Waals surface area contributed by atoms with E-state index in [0.29, 0.717) is 33.4 Å². The molecule has 2 aromatic carbocycles. The van der Waals surface area contributed by atoms with Crippen LogP contribution in [0.1, 0.15) is 21.6 Å². The number of pyridine rings is 1. The maximum Gasteiger partial charge on any atom is 0.416 e. The van der Waals surface area contributed by atoms with E-state index in [1.165, 1.54) is 26.5 Å². The smallest absolute Gasteiger partial charge is 0.416 e. The predicted octanol–water partition coefficient (Wildman–Crippen LogP) is 4.48. The molecule has 0 bridgehead atoms. The van der Waals surface area contributed by atoms with Gasteiger partial charge in [0, 0.05) is 22.5 Å². The lowest BCUT2D eigenvalue weighted by Gasteiger charge is -2.22. The van der Waals surface area contributed by atoms with Gasteiger partial charge in [-0.25, -0.2) is 0 Å². The molecule has 1 heterocycles. The third kappa shape index (κ3) is 2.16. The molecule has 1 aliphatic carbocycles. The van der Waals surface area contributed by atoms with Gasteiger partial charge >= 0.3 is 6.18 Å². The number of nitrogens with zero attached hydrogens (tertiary/aromatic N) is 1. The van der Waals surface area contributed by atoms with E-state index in [-0.39, 0.29) is 11.3 Å². The van der Waals surface area contributed by atoms with Crippen molar-refractivity contribution in [2.75, 3.05) is 14.2 Å². The fourth-order valence-electron chi connectivity index (χ4n) is 3.34. The minimum atomic E-state index is -4.54. The van der Waals surface area contributed by atoms with Crippen molar-refractivity contribution in [1.82, 2.24) is 4.98 Å². The van der Waals surface area contributed by atoms with Crippen LogP contribution in [0.15, 0.2) is 36.5 Å². The van der Waals surface area contributed by atoms with Crippen LogP contribution in [0.4, 0.5) is 13.2 Å². The van der Waals surface area contributed by atoms with Gasteiger partial charge in [-0.2, -0.15) is 13.2 Å². The number of fused-ring (bicyclic) bond motifs is 2. The molecule has 3 aromatic rings. The van der Waals surface area contributed by atoms with Gasteiger partial charge in [0.25, 0.3) is 0 Å². The number of carbonyl (C=O) groups is 1. The van der Waals surface area contributed by atoms with Gasteiger partial charge in [-0.05, 0) is 35.4 Å². The Bertz CT molecular complexity index is 1070. The lowest BCUT2D eigenvalue weighted by atomic mass is 9.84. The van der Waals surface area contributed by atoms with Crippen LogP contribution in [0, 0.1) is 0 Å². The van der Waals surface area contributed by atoms with Gasteiger partial charge in [0.1, 0.15) is 5.69 Å². The Morgan fingerprint density at radius 2 is 1.73 bits per heavy atom. The van der Waals surface area contributed by atoms with Gasteiger partial charge < -0.3 is 9.47 Å². The molecule has 1 aromatic heterocycles. The number of carbonyl (C=O) groups excluding carboxylic acids is 1. The monoisotopic (exact) mass is 359 g/mol. The summed E-state index contributed by atoms with van der Waals surface area (Å²) in [6.07, 6.45) is -3.10. The number of ketones is 1. The molecule has 0 N–H and O–H groups in total. The fraction of sp³-hybridized carbons (Fsp3) is 0.158. The van der Waals surface area contributed by atoms with E-state index in [1.807, 2.05) is 0 Å². The molecule has 26 heavy (non-hydrogen) atoms. The van der Waals surface area contributed by atoms with Crippen molar-refractivity contribution in [1.29, 1.82) is 0 Å². The number of halogens is 3. The minimum absolute atomic E-state index is 0.0282. The second kappa shape index (κ2) is 5.45. The normalized spacial score (nSPS) is 12.9. The molecule has 0 spiro atoms. The zero-order valence-electron chi connectivity index (χ0n) is 13.8. The van der Waals surface area contributed by atoms with E-state index in [4.69, 9.17) is 9.47 Å². The van der Waals surface area contributed by atoms with Gasteiger partial charge in [-0.1, -0.05) is 6.07 Å². The molecule has 1 aliphatic rings. The molecule has 0 amide bonds. The lowest BCUT2D eigenvalue weighted by Crippen LogP contribution is -2.15. The highest BCUT2D eigenvalue weighted by Crippen LogP contribution is 2.47. The average Bonchev–Trinajstić information content (AvgIpc) is 2.63. The van der Waals surface area contributed by atoms with Gasteiger partial charge in [0.05, 0.1) is 19.8 Å². The first-order valence-corrected chi connectivity index (χ1v) is 7.67. The number of aromatic nitrogens is 1. The molecular formula is C19H12F3NO3. The van der Waals surface area contributed by atoms with Crippen molar-refractivity contribution in [3.8, 4) is 22.6 Å². The SMILES string of the molecule is COc1cc2c3c(nccc3c1OC)C(=O)c1cc(C(F)(F)F)ccc1-2. The highest BCUT2D eigenvalue weighted by molar-refractivity contribution is 6.25. The van der Waals surface area contributed by atoms with Crippen molar-refractivity contribution < 1.29 is 27.4 Å². The van der Waals surface area contributed by atoms with E-state index in [9.17, 15) is 18.0 Å². The second-order valence-corrected chi connectivity index (χ2v) is 5.83. The summed E-state index contributed by atoms with van der Waals surface area (Å²) in [5.41, 5.74) is 0.198. The Labute approximate surface area is 146 Å². The number of methoxy groups -OCH3 is 2. The number of hydrogen-bond acceptors (Lipinski definition) is 4. The molecule has 0 saturated heterocycles. The zero-order valence-corrected chi connectivity index (χ0v) is 13.8. The van der Waals surface area contributed by atoms with Gasteiger partial charge in [0.15, 0.2) is 11.5 Å². The summed E-state index contributed by atoms with van der Waals surface area (Å²) in [6.45, 7) is 0. The van der Waals surface area contributed by atoms with Crippen LogP contribution in [-0.2, 0) is 6.18 Å². The fourth-order valence-corrected chi connectivity index (χ4v) is 3.34. The molecule has 0 unspecified atom stereocenters. The second-order valence-electron chi connectivity index (χ2n) is 5.83. The molecule has 0 radical (unpaired) electrons. The van der Waals surface area contributed by atoms with E-state index >= 15 is 0 Å². The van der Waals surface area contributed by atoms with Gasteiger partial charge in [-0.3, -0.25) is 9.78 Å². The Balaban J connectivity index is 2.12. The van der Waals surface area contributed by atoms with Crippen LogP contribution in [-0.4, -0.2) is 25.0 Å². The Morgan fingerprint density at radius 3 is 2.38 bits per heavy atom. The first-order valence-electron chi connectivity index (χ1n) is 7.67. The number of ether oxygens (including phenoxy) is 2. The predicted molar refractivity (Wildman–Crippen MR) is 88.7 cm³/mol. The van der Waals surface area contributed by atoms with Crippen LogP contribution in [0.25, 0.3) is 21.9 Å². The van der Waals surface area contributed by atoms with E-state index in [0.717, 1.165) is 12.1 Å². The summed E-state index contributed by atoms with van der Waals surface area (Å²) in [5, 5.41) is 1.16. The molecule has 0 saturated carbocycles. The largest absolute Gasteiger partial charge is 0.493 e. The molecule has 7 heteroatoms. The summed E-state index contributed by atoms with van der Waals surface area (Å²) in [5.74, 6) is 0.321. The zero-order chi connectivity index (χ0) is 18.6. The van der Waals surface area contributed by atoms with Crippen molar-refractivity contribution in [2.24, 2.45) is 0 Å². The molecular weight excluding hydrogens is 347 g/mol. The van der Waals surface area contributed by atoms with Crippen molar-refractivity contribution in [3.63, 3.8) is 0 Å². The number of alkyl halides is 3. The molecule has 0 aliphatic heterocycles. The summed E-state index contributed by atoms with van der Waals surface area (Å²) < 4.78 is 50.0. The minimum Gasteiger partial charge on any atom is -0.493 e. The van der Waals surface area contributed by atoms with Crippen molar-refractivity contribution in [2.45, 2.75) is 6.18 Å². The third-order valence-electron chi connectivity index (χ3n) is 4.48. The lowest BCUT2D eigenvalue weighted by molar-refractivity contribution is -0.137. The molecule has 4 rings (SSSR count). The van der Waals surface area contributed by atoms with Crippen LogP contribution < -0.4 is 9.47 Å². The summed E-state index contributed by atoms with van der Waals surface area (Å²) in [4.78, 5) is 16.9. The van der Waals surface area contributed by atoms with Crippen LogP contribution in [0.5, 0.6) is 11.5 Å². The summed E-state index contributed by atoms with van der Waals surface area (Å²) in [7, 11) is 2.95. The van der Waals surface area contributed by atoms with Crippen LogP contribution in [0.2, 0.25) is 0 Å². The van der Waals surface area contributed by atoms with Gasteiger partial charge in [-0.15, -0.1) is 0 Å². The maximum atomic E-state index is 13.1. The molecule has 0 fully saturated rings. The van der Waals surface area contributed by atoms with Crippen molar-refractivity contribution in [3.05, 3.63) is 53.3 Å². The summed E-state index contributed by atoms with van der Waals surface area (Å²) >= 11 is 0. The Morgan fingerprint density at radius 1 is 0.962 bits per heavy atom. The first kappa shape index (κ1) is 16.4. The highest BCUT2D eigenvalue weighted by atomic mass is 19.4. The highest BCUT2D eigenvalue weighted by Gasteiger charge is 2.35. The van der Waals surface area contributed by atoms with E-state index in [1.54, 1.807) is 12.1 Å². The first-order chi connectivity index (χ1) is 12.4. The quantitative estimate of drug-likeness (QED) is 0.529. The Hall–Kier alpha value is -3.09. The van der Waals surface area contributed by atoms with Crippen LogP contribution >= 0.6 is 0 Å². The van der Waals surface area contributed by atoms with E-state index < -0.39 is 17.5 Å². The van der Waals surface area contributed by atoms with Crippen LogP contribution in [0.3, 0.4) is 0 Å².